The molecular weight excluding hydrogens is 282 g/mol. The van der Waals surface area contributed by atoms with Crippen LogP contribution in [-0.2, 0) is 16.1 Å². The number of thioether (sulfide) groups is 1. The molecule has 0 radical (unpaired) electrons. The topological polar surface area (TPSA) is 97.5 Å². The number of hydrogen-bond acceptors (Lipinski definition) is 6. The molecule has 1 saturated carbocycles. The van der Waals surface area contributed by atoms with Gasteiger partial charge < -0.3 is 19.5 Å². The molecule has 20 heavy (non-hydrogen) atoms. The number of carboxylic acid groups (broad SMARTS) is 1. The Labute approximate surface area is 121 Å². The maximum absolute atomic E-state index is 10.7. The average molecular weight is 301 g/mol. The van der Waals surface area contributed by atoms with Crippen LogP contribution in [0.25, 0.3) is 0 Å². The third kappa shape index (κ3) is 2.55. The number of aliphatic hydroxyl groups excluding tert-OH is 1. The number of carbonyl (C=O) groups is 1. The monoisotopic (exact) mass is 301 g/mol. The molecule has 2 rings (SSSR count). The number of aliphatic carboxylic acids is 1. The van der Waals surface area contributed by atoms with Gasteiger partial charge in [0, 0.05) is 18.6 Å². The highest BCUT2D eigenvalue weighted by Crippen LogP contribution is 2.52. The summed E-state index contributed by atoms with van der Waals surface area (Å²) < 4.78 is 7.27. The first kappa shape index (κ1) is 15.3. The lowest BCUT2D eigenvalue weighted by Crippen LogP contribution is -2.51. The first-order chi connectivity index (χ1) is 9.41. The van der Waals surface area contributed by atoms with Crippen LogP contribution in [-0.4, -0.2) is 49.9 Å². The Morgan fingerprint density at radius 1 is 1.55 bits per heavy atom. The van der Waals surface area contributed by atoms with Crippen LogP contribution < -0.4 is 0 Å². The van der Waals surface area contributed by atoms with Crippen molar-refractivity contribution in [1.29, 1.82) is 0 Å². The van der Waals surface area contributed by atoms with E-state index in [9.17, 15) is 9.90 Å². The van der Waals surface area contributed by atoms with E-state index in [1.807, 2.05) is 4.57 Å². The summed E-state index contributed by atoms with van der Waals surface area (Å²) in [5.74, 6) is -0.520. The van der Waals surface area contributed by atoms with Crippen molar-refractivity contribution >= 4 is 17.7 Å². The van der Waals surface area contributed by atoms with E-state index in [1.165, 1.54) is 0 Å². The van der Waals surface area contributed by atoms with Crippen LogP contribution in [0.4, 0.5) is 0 Å². The summed E-state index contributed by atoms with van der Waals surface area (Å²) in [5, 5.41) is 26.6. The Hall–Kier alpha value is -1.12. The van der Waals surface area contributed by atoms with Gasteiger partial charge in [0.25, 0.3) is 0 Å². The smallest absolute Gasteiger partial charge is 0.313 e. The van der Waals surface area contributed by atoms with Crippen LogP contribution in [0.15, 0.2) is 5.16 Å². The van der Waals surface area contributed by atoms with Gasteiger partial charge in [0.2, 0.25) is 0 Å². The number of hydrogen-bond donors (Lipinski definition) is 2. The molecular formula is C12H19N3O4S. The van der Waals surface area contributed by atoms with Gasteiger partial charge in [-0.15, -0.1) is 10.2 Å². The molecule has 1 aromatic rings. The van der Waals surface area contributed by atoms with Gasteiger partial charge in [0.1, 0.15) is 6.61 Å². The molecule has 2 atom stereocenters. The van der Waals surface area contributed by atoms with Crippen molar-refractivity contribution in [2.45, 2.75) is 44.2 Å². The first-order valence-electron chi connectivity index (χ1n) is 6.33. The largest absolute Gasteiger partial charge is 0.481 e. The lowest BCUT2D eigenvalue weighted by Gasteiger charge is -2.51. The Bertz CT molecular complexity index is 503. The van der Waals surface area contributed by atoms with E-state index in [1.54, 1.807) is 7.11 Å². The van der Waals surface area contributed by atoms with Gasteiger partial charge in [-0.05, 0) is 6.42 Å². The molecule has 0 aliphatic heterocycles. The first-order valence-corrected chi connectivity index (χ1v) is 7.32. The highest BCUT2D eigenvalue weighted by molar-refractivity contribution is 7.99. The second kappa shape index (κ2) is 5.71. The molecule has 1 aliphatic carbocycles. The molecule has 0 aromatic carbocycles. The average Bonchev–Trinajstić information content (AvgIpc) is 2.78. The molecule has 112 valence electrons. The molecule has 7 nitrogen and oxygen atoms in total. The van der Waals surface area contributed by atoms with Crippen LogP contribution in [0.5, 0.6) is 0 Å². The van der Waals surface area contributed by atoms with Crippen LogP contribution in [0.3, 0.4) is 0 Å². The molecule has 1 aromatic heterocycles. The normalized spacial score (nSPS) is 24.4. The molecule has 1 fully saturated rings. The van der Waals surface area contributed by atoms with Crippen LogP contribution in [0.2, 0.25) is 0 Å². The quantitative estimate of drug-likeness (QED) is 0.754. The van der Waals surface area contributed by atoms with Gasteiger partial charge in [-0.2, -0.15) is 0 Å². The molecule has 1 aliphatic rings. The van der Waals surface area contributed by atoms with Gasteiger partial charge in [-0.1, -0.05) is 25.6 Å². The predicted octanol–water partition coefficient (Wildman–Crippen LogP) is 0.933. The highest BCUT2D eigenvalue weighted by Gasteiger charge is 2.51. The fraction of sp³-hybridized carbons (Fsp3) is 0.750. The Morgan fingerprint density at radius 2 is 2.25 bits per heavy atom. The number of methoxy groups -OCH3 is 1. The van der Waals surface area contributed by atoms with E-state index in [4.69, 9.17) is 9.84 Å². The molecule has 0 saturated heterocycles. The lowest BCUT2D eigenvalue weighted by atomic mass is 9.64. The summed E-state index contributed by atoms with van der Waals surface area (Å²) in [6, 6.07) is 0.0981. The highest BCUT2D eigenvalue weighted by atomic mass is 32.2. The lowest BCUT2D eigenvalue weighted by molar-refractivity contribution is -0.133. The second-order valence-electron chi connectivity index (χ2n) is 5.41. The zero-order valence-corrected chi connectivity index (χ0v) is 12.6. The summed E-state index contributed by atoms with van der Waals surface area (Å²) in [6.07, 6.45) is 0.939. The van der Waals surface area contributed by atoms with Gasteiger partial charge in [0.05, 0.1) is 11.9 Å². The van der Waals surface area contributed by atoms with Crippen LogP contribution >= 0.6 is 11.8 Å². The Balaban J connectivity index is 2.26. The van der Waals surface area contributed by atoms with E-state index in [-0.39, 0.29) is 29.9 Å². The van der Waals surface area contributed by atoms with E-state index >= 15 is 0 Å². The summed E-state index contributed by atoms with van der Waals surface area (Å²) in [7, 11) is 1.68. The van der Waals surface area contributed by atoms with Crippen LogP contribution in [0, 0.1) is 5.41 Å². The predicted molar refractivity (Wildman–Crippen MR) is 72.5 cm³/mol. The van der Waals surface area contributed by atoms with E-state index in [0.717, 1.165) is 18.2 Å². The van der Waals surface area contributed by atoms with Crippen molar-refractivity contribution in [3.05, 3.63) is 5.82 Å². The minimum atomic E-state index is -0.905. The molecule has 1 heterocycles. The molecule has 2 N–H and O–H groups in total. The van der Waals surface area contributed by atoms with E-state index in [0.29, 0.717) is 11.0 Å². The molecule has 0 amide bonds. The Morgan fingerprint density at radius 3 is 2.75 bits per heavy atom. The number of aromatic nitrogens is 3. The van der Waals surface area contributed by atoms with Crippen molar-refractivity contribution in [3.8, 4) is 0 Å². The summed E-state index contributed by atoms with van der Waals surface area (Å²) in [4.78, 5) is 10.7. The second-order valence-corrected chi connectivity index (χ2v) is 6.35. The van der Waals surface area contributed by atoms with Gasteiger partial charge in [-0.25, -0.2) is 0 Å². The van der Waals surface area contributed by atoms with Gasteiger partial charge >= 0.3 is 5.97 Å². The van der Waals surface area contributed by atoms with Crippen molar-refractivity contribution in [2.24, 2.45) is 5.41 Å². The standard InChI is InChI=1S/C12H19N3O4S/c1-12(2)7(4-8(12)19-3)15-9(5-16)13-14-11(15)20-6-10(17)18/h7-8,16H,4-6H2,1-3H3,(H,17,18). The van der Waals surface area contributed by atoms with Gasteiger partial charge in [0.15, 0.2) is 11.0 Å². The number of carboxylic acids is 1. The van der Waals surface area contributed by atoms with E-state index < -0.39 is 5.97 Å². The Kier molecular flexibility index (Phi) is 4.36. The maximum Gasteiger partial charge on any atom is 0.313 e. The van der Waals surface area contributed by atoms with Crippen molar-refractivity contribution in [1.82, 2.24) is 14.8 Å². The molecule has 8 heteroatoms. The molecule has 0 spiro atoms. The maximum atomic E-state index is 10.7. The summed E-state index contributed by atoms with van der Waals surface area (Å²) in [6.45, 7) is 3.95. The molecule has 2 unspecified atom stereocenters. The fourth-order valence-electron chi connectivity index (χ4n) is 2.66. The minimum Gasteiger partial charge on any atom is -0.481 e. The third-order valence-electron chi connectivity index (χ3n) is 3.92. The fourth-order valence-corrected chi connectivity index (χ4v) is 3.38. The van der Waals surface area contributed by atoms with Crippen molar-refractivity contribution in [2.75, 3.05) is 12.9 Å². The third-order valence-corrected chi connectivity index (χ3v) is 4.85. The SMILES string of the molecule is COC1CC(n2c(CO)nnc2SCC(=O)O)C1(C)C. The number of rotatable bonds is 6. The van der Waals surface area contributed by atoms with Crippen molar-refractivity contribution in [3.63, 3.8) is 0 Å². The zero-order valence-electron chi connectivity index (χ0n) is 11.7. The van der Waals surface area contributed by atoms with Crippen LogP contribution in [0.1, 0.15) is 32.1 Å². The zero-order chi connectivity index (χ0) is 14.9. The summed E-state index contributed by atoms with van der Waals surface area (Å²) >= 11 is 1.12. The number of nitrogens with zero attached hydrogens (tertiary/aromatic N) is 3. The van der Waals surface area contributed by atoms with E-state index in [2.05, 4.69) is 24.0 Å². The summed E-state index contributed by atoms with van der Waals surface area (Å²) in [5.41, 5.74) is -0.112. The van der Waals surface area contributed by atoms with Crippen molar-refractivity contribution < 1.29 is 19.7 Å². The number of ether oxygens (including phenoxy) is 1. The number of aliphatic hydroxyl groups is 1. The van der Waals surface area contributed by atoms with Gasteiger partial charge in [-0.3, -0.25) is 4.79 Å². The molecule has 0 bridgehead atoms. The minimum absolute atomic E-state index is 0.0790.